The molecule has 21 heavy (non-hydrogen) atoms. The Morgan fingerprint density at radius 2 is 1.67 bits per heavy atom. The minimum Gasteiger partial charge on any atom is -0.478 e. The predicted molar refractivity (Wildman–Crippen MR) is 80.6 cm³/mol. The number of nitrogens with zero attached hydrogens (tertiary/aromatic N) is 1. The number of carboxylic acid groups (broad SMARTS) is 1. The molecule has 0 atom stereocenters. The molecule has 0 bridgehead atoms. The highest BCUT2D eigenvalue weighted by molar-refractivity contribution is 6.33. The van der Waals surface area contributed by atoms with Gasteiger partial charge in [-0.15, -0.1) is 0 Å². The van der Waals surface area contributed by atoms with Gasteiger partial charge in [-0.25, -0.2) is 9.78 Å². The monoisotopic (exact) mass is 344 g/mol. The number of anilines is 1. The molecule has 0 fully saturated rings. The number of benzene rings is 1. The first-order chi connectivity index (χ1) is 9.86. The first-order valence-electron chi connectivity index (χ1n) is 5.54. The van der Waals surface area contributed by atoms with Gasteiger partial charge in [0.15, 0.2) is 0 Å². The lowest BCUT2D eigenvalue weighted by Crippen LogP contribution is -2.15. The molecule has 0 spiro atoms. The molecule has 108 valence electrons. The van der Waals surface area contributed by atoms with Gasteiger partial charge in [-0.1, -0.05) is 34.8 Å². The van der Waals surface area contributed by atoms with Crippen molar-refractivity contribution >= 4 is 52.4 Å². The molecule has 5 nitrogen and oxygen atoms in total. The highest BCUT2D eigenvalue weighted by Gasteiger charge is 2.15. The summed E-state index contributed by atoms with van der Waals surface area (Å²) in [7, 11) is 0. The molecule has 0 saturated heterocycles. The first-order valence-corrected chi connectivity index (χ1v) is 6.67. The molecule has 2 aromatic rings. The van der Waals surface area contributed by atoms with Crippen LogP contribution in [0.2, 0.25) is 15.3 Å². The van der Waals surface area contributed by atoms with E-state index < -0.39 is 11.9 Å². The zero-order chi connectivity index (χ0) is 15.6. The van der Waals surface area contributed by atoms with Crippen LogP contribution in [0.4, 0.5) is 5.69 Å². The third-order valence-corrected chi connectivity index (χ3v) is 3.11. The number of halogens is 3. The average molecular weight is 346 g/mol. The van der Waals surface area contributed by atoms with E-state index in [2.05, 4.69) is 10.3 Å². The SMILES string of the molecule is O=C(Nc1cc(Cl)ccc1C(=O)O)c1cc(Cl)nc(Cl)c1. The van der Waals surface area contributed by atoms with Crippen LogP contribution < -0.4 is 5.32 Å². The van der Waals surface area contributed by atoms with Crippen LogP contribution in [0.15, 0.2) is 30.3 Å². The minimum atomic E-state index is -1.19. The third kappa shape index (κ3) is 3.85. The van der Waals surface area contributed by atoms with E-state index in [0.717, 1.165) is 0 Å². The molecular weight excluding hydrogens is 339 g/mol. The van der Waals surface area contributed by atoms with Gasteiger partial charge >= 0.3 is 5.97 Å². The summed E-state index contributed by atoms with van der Waals surface area (Å²) in [5.41, 5.74) is 0.138. The number of aromatic carboxylic acids is 1. The molecule has 1 aromatic heterocycles. The van der Waals surface area contributed by atoms with Crippen molar-refractivity contribution in [2.45, 2.75) is 0 Å². The molecule has 1 aromatic carbocycles. The fraction of sp³-hybridized carbons (Fsp3) is 0. The number of pyridine rings is 1. The number of carboxylic acids is 1. The number of hydrogen-bond donors (Lipinski definition) is 2. The molecule has 2 N–H and O–H groups in total. The van der Waals surface area contributed by atoms with Crippen molar-refractivity contribution in [3.63, 3.8) is 0 Å². The highest BCUT2D eigenvalue weighted by atomic mass is 35.5. The Morgan fingerprint density at radius 1 is 1.05 bits per heavy atom. The van der Waals surface area contributed by atoms with Crippen molar-refractivity contribution in [2.75, 3.05) is 5.32 Å². The molecule has 0 aliphatic carbocycles. The zero-order valence-electron chi connectivity index (χ0n) is 10.2. The quantitative estimate of drug-likeness (QED) is 0.824. The number of carbonyl (C=O) groups is 2. The Bertz CT molecular complexity index is 714. The van der Waals surface area contributed by atoms with Crippen LogP contribution in [0, 0.1) is 0 Å². The Labute approximate surface area is 134 Å². The maximum absolute atomic E-state index is 12.1. The Hall–Kier alpha value is -1.82. The van der Waals surface area contributed by atoms with E-state index in [9.17, 15) is 9.59 Å². The number of hydrogen-bond acceptors (Lipinski definition) is 3. The van der Waals surface area contributed by atoms with Crippen molar-refractivity contribution < 1.29 is 14.7 Å². The van der Waals surface area contributed by atoms with E-state index in [0.29, 0.717) is 5.02 Å². The fourth-order valence-electron chi connectivity index (χ4n) is 1.60. The van der Waals surface area contributed by atoms with Gasteiger partial charge in [0.05, 0.1) is 11.3 Å². The number of amides is 1. The molecule has 1 heterocycles. The van der Waals surface area contributed by atoms with E-state index in [4.69, 9.17) is 39.9 Å². The van der Waals surface area contributed by atoms with Crippen LogP contribution in [0.25, 0.3) is 0 Å². The van der Waals surface area contributed by atoms with E-state index in [1.54, 1.807) is 0 Å². The van der Waals surface area contributed by atoms with Crippen LogP contribution in [0.5, 0.6) is 0 Å². The van der Waals surface area contributed by atoms with Crippen molar-refractivity contribution in [3.05, 3.63) is 56.8 Å². The van der Waals surface area contributed by atoms with E-state index in [1.165, 1.54) is 30.3 Å². The van der Waals surface area contributed by atoms with Crippen molar-refractivity contribution in [1.29, 1.82) is 0 Å². The van der Waals surface area contributed by atoms with Gasteiger partial charge < -0.3 is 10.4 Å². The lowest BCUT2D eigenvalue weighted by Gasteiger charge is -2.09. The van der Waals surface area contributed by atoms with Gasteiger partial charge in [0.2, 0.25) is 0 Å². The summed E-state index contributed by atoms with van der Waals surface area (Å²) in [6.07, 6.45) is 0. The van der Waals surface area contributed by atoms with E-state index in [-0.39, 0.29) is 27.1 Å². The molecule has 0 aliphatic rings. The van der Waals surface area contributed by atoms with Crippen LogP contribution in [0.1, 0.15) is 20.7 Å². The Balaban J connectivity index is 2.35. The maximum atomic E-state index is 12.1. The lowest BCUT2D eigenvalue weighted by molar-refractivity contribution is 0.0698. The second-order valence-electron chi connectivity index (χ2n) is 3.95. The summed E-state index contributed by atoms with van der Waals surface area (Å²) in [6, 6.07) is 6.68. The summed E-state index contributed by atoms with van der Waals surface area (Å²) < 4.78 is 0. The molecule has 0 saturated carbocycles. The van der Waals surface area contributed by atoms with Gasteiger partial charge in [0.1, 0.15) is 10.3 Å². The highest BCUT2D eigenvalue weighted by Crippen LogP contribution is 2.23. The minimum absolute atomic E-state index is 0.0530. The summed E-state index contributed by atoms with van der Waals surface area (Å²) in [4.78, 5) is 26.9. The summed E-state index contributed by atoms with van der Waals surface area (Å²) >= 11 is 17.2. The standard InChI is InChI=1S/C13H7Cl3N2O3/c14-7-1-2-8(13(20)21)9(5-7)17-12(19)6-3-10(15)18-11(16)4-6/h1-5H,(H,17,19)(H,20,21). The fourth-order valence-corrected chi connectivity index (χ4v) is 2.23. The summed E-state index contributed by atoms with van der Waals surface area (Å²) in [5, 5.41) is 11.9. The molecule has 0 unspecified atom stereocenters. The maximum Gasteiger partial charge on any atom is 0.337 e. The smallest absolute Gasteiger partial charge is 0.337 e. The second kappa shape index (κ2) is 6.30. The summed E-state index contributed by atoms with van der Waals surface area (Å²) in [5.74, 6) is -1.77. The van der Waals surface area contributed by atoms with Crippen LogP contribution >= 0.6 is 34.8 Å². The number of rotatable bonds is 3. The largest absolute Gasteiger partial charge is 0.478 e. The van der Waals surface area contributed by atoms with Crippen molar-refractivity contribution in [2.24, 2.45) is 0 Å². The van der Waals surface area contributed by atoms with E-state index >= 15 is 0 Å². The third-order valence-electron chi connectivity index (χ3n) is 2.49. The van der Waals surface area contributed by atoms with Crippen LogP contribution in [0.3, 0.4) is 0 Å². The zero-order valence-corrected chi connectivity index (χ0v) is 12.5. The lowest BCUT2D eigenvalue weighted by atomic mass is 10.1. The normalized spacial score (nSPS) is 10.2. The molecule has 8 heteroatoms. The van der Waals surface area contributed by atoms with Gasteiger partial charge in [0.25, 0.3) is 5.91 Å². The van der Waals surface area contributed by atoms with Crippen LogP contribution in [-0.4, -0.2) is 22.0 Å². The molecule has 2 rings (SSSR count). The number of carbonyl (C=O) groups excluding carboxylic acids is 1. The Kier molecular flexibility index (Phi) is 4.67. The van der Waals surface area contributed by atoms with Gasteiger partial charge in [-0.2, -0.15) is 0 Å². The molecule has 0 aliphatic heterocycles. The molecular formula is C13H7Cl3N2O3. The van der Waals surface area contributed by atoms with E-state index in [1.807, 2.05) is 0 Å². The topological polar surface area (TPSA) is 79.3 Å². The number of nitrogens with one attached hydrogen (secondary N) is 1. The van der Waals surface area contributed by atoms with Crippen molar-refractivity contribution in [1.82, 2.24) is 4.98 Å². The first kappa shape index (κ1) is 15.6. The van der Waals surface area contributed by atoms with Gasteiger partial charge in [-0.05, 0) is 30.3 Å². The second-order valence-corrected chi connectivity index (χ2v) is 5.16. The van der Waals surface area contributed by atoms with Crippen LogP contribution in [-0.2, 0) is 0 Å². The Morgan fingerprint density at radius 3 is 2.24 bits per heavy atom. The summed E-state index contributed by atoms with van der Waals surface area (Å²) in [6.45, 7) is 0. The molecule has 1 amide bonds. The average Bonchev–Trinajstić information content (AvgIpc) is 2.37. The number of aromatic nitrogens is 1. The van der Waals surface area contributed by atoms with Gasteiger partial charge in [-0.3, -0.25) is 4.79 Å². The van der Waals surface area contributed by atoms with Gasteiger partial charge in [0, 0.05) is 10.6 Å². The predicted octanol–water partition coefficient (Wildman–Crippen LogP) is 3.99. The van der Waals surface area contributed by atoms with Crippen molar-refractivity contribution in [3.8, 4) is 0 Å². The molecule has 0 radical (unpaired) electrons.